The molecule has 0 bridgehead atoms. The number of carboxylic acids is 1. The first kappa shape index (κ1) is 22.3. The molecule has 4 heterocycles. The number of pyridine rings is 2. The Labute approximate surface area is 199 Å². The average Bonchev–Trinajstić information content (AvgIpc) is 3.22. The van der Waals surface area contributed by atoms with Gasteiger partial charge in [-0.2, -0.15) is 0 Å². The number of fused-ring (bicyclic) bond motifs is 2. The van der Waals surface area contributed by atoms with E-state index < -0.39 is 12.0 Å². The van der Waals surface area contributed by atoms with E-state index in [1.54, 1.807) is 11.1 Å². The van der Waals surface area contributed by atoms with Crippen LogP contribution < -0.4 is 5.32 Å². The molecule has 7 nitrogen and oxygen atoms in total. The number of anilines is 1. The monoisotopic (exact) mass is 458 g/mol. The van der Waals surface area contributed by atoms with Crippen LogP contribution in [0, 0.1) is 5.92 Å². The second kappa shape index (κ2) is 9.79. The van der Waals surface area contributed by atoms with E-state index in [0.29, 0.717) is 6.54 Å². The van der Waals surface area contributed by atoms with E-state index in [9.17, 15) is 14.7 Å². The third-order valence-corrected chi connectivity index (χ3v) is 7.03. The van der Waals surface area contributed by atoms with Gasteiger partial charge in [-0.3, -0.25) is 14.6 Å². The van der Waals surface area contributed by atoms with Crippen molar-refractivity contribution in [1.29, 1.82) is 0 Å². The van der Waals surface area contributed by atoms with Crippen molar-refractivity contribution < 1.29 is 14.7 Å². The fourth-order valence-corrected chi connectivity index (χ4v) is 5.22. The first-order chi connectivity index (χ1) is 16.6. The van der Waals surface area contributed by atoms with E-state index in [0.717, 1.165) is 73.0 Å². The predicted molar refractivity (Wildman–Crippen MR) is 131 cm³/mol. The topological polar surface area (TPSA) is 95.4 Å². The van der Waals surface area contributed by atoms with Crippen LogP contribution in [0.3, 0.4) is 0 Å². The molecule has 0 saturated carbocycles. The number of hydrogen-bond donors (Lipinski definition) is 2. The van der Waals surface area contributed by atoms with Gasteiger partial charge in [0.25, 0.3) is 0 Å². The Kier molecular flexibility index (Phi) is 6.43. The zero-order valence-electron chi connectivity index (χ0n) is 19.2. The van der Waals surface area contributed by atoms with Crippen LogP contribution in [0.25, 0.3) is 10.9 Å². The number of aliphatic carboxylic acids is 1. The van der Waals surface area contributed by atoms with Gasteiger partial charge < -0.3 is 15.3 Å². The average molecular weight is 459 g/mol. The van der Waals surface area contributed by atoms with Crippen molar-refractivity contribution >= 4 is 28.6 Å². The zero-order valence-corrected chi connectivity index (χ0v) is 19.2. The number of aromatic nitrogens is 2. The molecule has 2 aliphatic heterocycles. The molecule has 2 atom stereocenters. The van der Waals surface area contributed by atoms with Gasteiger partial charge in [-0.05, 0) is 67.9 Å². The molecular weight excluding hydrogens is 428 g/mol. The van der Waals surface area contributed by atoms with Gasteiger partial charge in [0.15, 0.2) is 0 Å². The second-order valence-corrected chi connectivity index (χ2v) is 9.33. The molecule has 176 valence electrons. The Bertz CT molecular complexity index is 1210. The quantitative estimate of drug-likeness (QED) is 0.520. The van der Waals surface area contributed by atoms with Crippen LogP contribution >= 0.6 is 0 Å². The molecule has 0 unspecified atom stereocenters. The van der Waals surface area contributed by atoms with Gasteiger partial charge in [-0.25, -0.2) is 4.98 Å². The number of para-hydroxylation sites is 1. The predicted octanol–water partition coefficient (Wildman–Crippen LogP) is 4.38. The molecule has 2 N–H and O–H groups in total. The fourth-order valence-electron chi connectivity index (χ4n) is 5.22. The molecule has 3 aromatic rings. The lowest BCUT2D eigenvalue weighted by Gasteiger charge is -2.27. The number of hydrogen-bond acceptors (Lipinski definition) is 5. The van der Waals surface area contributed by atoms with Gasteiger partial charge in [-0.15, -0.1) is 0 Å². The molecule has 2 aromatic heterocycles. The summed E-state index contributed by atoms with van der Waals surface area (Å²) in [5.41, 5.74) is 3.98. The number of amides is 1. The Hall–Kier alpha value is -3.48. The largest absolute Gasteiger partial charge is 0.481 e. The highest BCUT2D eigenvalue weighted by molar-refractivity contribution is 5.83. The molecule has 34 heavy (non-hydrogen) atoms. The molecule has 1 fully saturated rings. The van der Waals surface area contributed by atoms with Crippen molar-refractivity contribution in [3.63, 3.8) is 0 Å². The molecule has 5 rings (SSSR count). The minimum absolute atomic E-state index is 0.0551. The third-order valence-electron chi connectivity index (χ3n) is 7.03. The molecule has 1 amide bonds. The van der Waals surface area contributed by atoms with Crippen molar-refractivity contribution in [1.82, 2.24) is 14.9 Å². The molecule has 0 radical (unpaired) electrons. The van der Waals surface area contributed by atoms with Crippen LogP contribution in [-0.4, -0.2) is 44.9 Å². The summed E-state index contributed by atoms with van der Waals surface area (Å²) in [5, 5.41) is 13.9. The summed E-state index contributed by atoms with van der Waals surface area (Å²) in [6, 6.07) is 13.5. The van der Waals surface area contributed by atoms with Crippen LogP contribution in [0.2, 0.25) is 0 Å². The van der Waals surface area contributed by atoms with E-state index in [2.05, 4.69) is 22.4 Å². The number of likely N-dealkylation sites (tertiary alicyclic amines) is 1. The molecule has 2 aliphatic rings. The second-order valence-electron chi connectivity index (χ2n) is 9.33. The summed E-state index contributed by atoms with van der Waals surface area (Å²) in [5.74, 6) is 0.0776. The number of benzene rings is 1. The molecular formula is C27H30N4O3. The molecule has 0 spiro atoms. The molecule has 7 heteroatoms. The summed E-state index contributed by atoms with van der Waals surface area (Å²) in [6.45, 7) is 1.55. The van der Waals surface area contributed by atoms with Gasteiger partial charge in [0.1, 0.15) is 5.82 Å². The van der Waals surface area contributed by atoms with E-state index in [1.807, 2.05) is 30.3 Å². The SMILES string of the molecule is O=C(O)C[C@@H](c1cnc2ccccc2c1)N1CC[C@@H](CCCc2ccc3c(n2)NCCC3)C1=O. The summed E-state index contributed by atoms with van der Waals surface area (Å²) in [7, 11) is 0. The van der Waals surface area contributed by atoms with Crippen molar-refractivity contribution in [2.45, 2.75) is 51.0 Å². The van der Waals surface area contributed by atoms with E-state index in [-0.39, 0.29) is 18.2 Å². The van der Waals surface area contributed by atoms with Crippen LogP contribution in [0.5, 0.6) is 0 Å². The Morgan fingerprint density at radius 3 is 3.00 bits per heavy atom. The summed E-state index contributed by atoms with van der Waals surface area (Å²) < 4.78 is 0. The fraction of sp³-hybridized carbons (Fsp3) is 0.407. The maximum Gasteiger partial charge on any atom is 0.305 e. The van der Waals surface area contributed by atoms with Gasteiger partial charge in [0.05, 0.1) is 18.0 Å². The van der Waals surface area contributed by atoms with Crippen molar-refractivity contribution in [2.75, 3.05) is 18.4 Å². The third kappa shape index (κ3) is 4.74. The lowest BCUT2D eigenvalue weighted by atomic mass is 9.98. The first-order valence-electron chi connectivity index (χ1n) is 12.2. The normalized spacial score (nSPS) is 18.5. The summed E-state index contributed by atoms with van der Waals surface area (Å²) in [4.78, 5) is 35.9. The summed E-state index contributed by atoms with van der Waals surface area (Å²) >= 11 is 0. The number of carbonyl (C=O) groups excluding carboxylic acids is 1. The standard InChI is InChI=1S/C27H30N4O3/c32-25(33)16-24(21-15-20-5-1-2-9-23(20)29-17-21)31-14-12-19(27(31)34)6-3-8-22-11-10-18-7-4-13-28-26(18)30-22/h1-2,5,9-11,15,17,19,24H,3-4,6-8,12-14,16H2,(H,28,30)(H,32,33)/t19-,24+/m1/s1. The highest BCUT2D eigenvalue weighted by atomic mass is 16.4. The van der Waals surface area contributed by atoms with Crippen LogP contribution in [0.15, 0.2) is 48.7 Å². The number of aryl methyl sites for hydroxylation is 2. The number of nitrogens with one attached hydrogen (secondary N) is 1. The Balaban J connectivity index is 1.24. The molecule has 1 aromatic carbocycles. The van der Waals surface area contributed by atoms with Gasteiger partial charge >= 0.3 is 5.97 Å². The van der Waals surface area contributed by atoms with Crippen molar-refractivity contribution in [3.8, 4) is 0 Å². The van der Waals surface area contributed by atoms with Crippen molar-refractivity contribution in [2.24, 2.45) is 5.92 Å². The number of nitrogens with zero attached hydrogens (tertiary/aromatic N) is 3. The van der Waals surface area contributed by atoms with E-state index in [1.165, 1.54) is 5.56 Å². The maximum absolute atomic E-state index is 13.3. The highest BCUT2D eigenvalue weighted by Crippen LogP contribution is 2.34. The number of carboxylic acid groups (broad SMARTS) is 1. The smallest absolute Gasteiger partial charge is 0.305 e. The maximum atomic E-state index is 13.3. The Morgan fingerprint density at radius 1 is 1.24 bits per heavy atom. The van der Waals surface area contributed by atoms with Gasteiger partial charge in [-0.1, -0.05) is 24.3 Å². The zero-order chi connectivity index (χ0) is 23.5. The van der Waals surface area contributed by atoms with Crippen LogP contribution in [0.4, 0.5) is 5.82 Å². The number of carbonyl (C=O) groups is 2. The Morgan fingerprint density at radius 2 is 2.12 bits per heavy atom. The van der Waals surface area contributed by atoms with Crippen LogP contribution in [0.1, 0.15) is 55.0 Å². The lowest BCUT2D eigenvalue weighted by Crippen LogP contribution is -2.33. The van der Waals surface area contributed by atoms with Crippen LogP contribution in [-0.2, 0) is 22.4 Å². The lowest BCUT2D eigenvalue weighted by molar-refractivity contribution is -0.140. The highest BCUT2D eigenvalue weighted by Gasteiger charge is 2.37. The van der Waals surface area contributed by atoms with E-state index in [4.69, 9.17) is 4.98 Å². The molecule has 1 saturated heterocycles. The van der Waals surface area contributed by atoms with E-state index >= 15 is 0 Å². The first-order valence-corrected chi connectivity index (χ1v) is 12.2. The van der Waals surface area contributed by atoms with Gasteiger partial charge in [0.2, 0.25) is 5.91 Å². The van der Waals surface area contributed by atoms with Crippen molar-refractivity contribution in [3.05, 3.63) is 65.5 Å². The minimum atomic E-state index is -0.915. The summed E-state index contributed by atoms with van der Waals surface area (Å²) in [6.07, 6.45) is 7.09. The minimum Gasteiger partial charge on any atom is -0.481 e. The molecule has 0 aliphatic carbocycles. The van der Waals surface area contributed by atoms with Gasteiger partial charge in [0, 0.05) is 36.3 Å². The number of rotatable bonds is 8.